The number of carbonyl (C=O) groups is 1. The van der Waals surface area contributed by atoms with Gasteiger partial charge < -0.3 is 15.2 Å². The molecule has 0 aliphatic carbocycles. The summed E-state index contributed by atoms with van der Waals surface area (Å²) < 4.78 is 18.8. The Balaban J connectivity index is 1.78. The molecule has 0 fully saturated rings. The third-order valence-corrected chi connectivity index (χ3v) is 4.30. The lowest BCUT2D eigenvalue weighted by Gasteiger charge is -2.42. The quantitative estimate of drug-likeness (QED) is 0.847. The summed E-state index contributed by atoms with van der Waals surface area (Å²) in [6.07, 6.45) is -0.812. The fraction of sp³-hybridized carbons (Fsp3) is 0.316. The molecule has 4 nitrogen and oxygen atoms in total. The predicted molar refractivity (Wildman–Crippen MR) is 88.6 cm³/mol. The maximum atomic E-state index is 13.0. The SMILES string of the molecule is CC1(C)Oc2ccccc2C(NCC(=O)c2ccc(F)cc2)C1O. The number of hydrogen-bond acceptors (Lipinski definition) is 4. The molecule has 0 aromatic heterocycles. The van der Waals surface area contributed by atoms with Gasteiger partial charge in [-0.15, -0.1) is 0 Å². The first-order valence-corrected chi connectivity index (χ1v) is 7.86. The lowest BCUT2D eigenvalue weighted by atomic mass is 9.86. The normalized spacial score (nSPS) is 21.7. The van der Waals surface area contributed by atoms with E-state index in [0.29, 0.717) is 11.3 Å². The van der Waals surface area contributed by atoms with Crippen molar-refractivity contribution in [2.75, 3.05) is 6.54 Å². The molecule has 2 N–H and O–H groups in total. The summed E-state index contributed by atoms with van der Waals surface area (Å²) >= 11 is 0. The second kappa shape index (κ2) is 6.34. The van der Waals surface area contributed by atoms with Gasteiger partial charge in [-0.05, 0) is 44.2 Å². The van der Waals surface area contributed by atoms with Crippen molar-refractivity contribution in [2.24, 2.45) is 0 Å². The molecule has 2 aromatic carbocycles. The Hall–Kier alpha value is -2.24. The number of aliphatic hydroxyl groups is 1. The van der Waals surface area contributed by atoms with Crippen molar-refractivity contribution in [3.05, 3.63) is 65.5 Å². The zero-order valence-electron chi connectivity index (χ0n) is 13.6. The Morgan fingerprint density at radius 3 is 2.58 bits per heavy atom. The van der Waals surface area contributed by atoms with E-state index >= 15 is 0 Å². The van der Waals surface area contributed by atoms with Crippen molar-refractivity contribution in [1.82, 2.24) is 5.32 Å². The van der Waals surface area contributed by atoms with Gasteiger partial charge >= 0.3 is 0 Å². The van der Waals surface area contributed by atoms with E-state index in [2.05, 4.69) is 5.32 Å². The fourth-order valence-corrected chi connectivity index (χ4v) is 2.91. The fourth-order valence-electron chi connectivity index (χ4n) is 2.91. The minimum atomic E-state index is -0.812. The van der Waals surface area contributed by atoms with E-state index in [-0.39, 0.29) is 18.1 Å². The van der Waals surface area contributed by atoms with E-state index in [1.165, 1.54) is 24.3 Å². The van der Waals surface area contributed by atoms with Crippen molar-refractivity contribution in [1.29, 1.82) is 0 Å². The van der Waals surface area contributed by atoms with Gasteiger partial charge in [-0.1, -0.05) is 18.2 Å². The van der Waals surface area contributed by atoms with Crippen molar-refractivity contribution in [3.63, 3.8) is 0 Å². The highest BCUT2D eigenvalue weighted by Crippen LogP contribution is 2.39. The number of halogens is 1. The van der Waals surface area contributed by atoms with E-state index in [1.54, 1.807) is 0 Å². The number of fused-ring (bicyclic) bond motifs is 1. The van der Waals surface area contributed by atoms with Gasteiger partial charge in [0.25, 0.3) is 0 Å². The number of benzene rings is 2. The summed E-state index contributed by atoms with van der Waals surface area (Å²) in [7, 11) is 0. The summed E-state index contributed by atoms with van der Waals surface area (Å²) in [4.78, 5) is 12.3. The van der Waals surface area contributed by atoms with Gasteiger partial charge in [0.15, 0.2) is 5.78 Å². The number of ketones is 1. The number of ether oxygens (including phenoxy) is 1. The van der Waals surface area contributed by atoms with Crippen LogP contribution in [0.3, 0.4) is 0 Å². The summed E-state index contributed by atoms with van der Waals surface area (Å²) in [5.74, 6) is 0.151. The van der Waals surface area contributed by atoms with E-state index in [9.17, 15) is 14.3 Å². The van der Waals surface area contributed by atoms with Gasteiger partial charge in [0.1, 0.15) is 23.3 Å². The van der Waals surface area contributed by atoms with Crippen LogP contribution in [0.2, 0.25) is 0 Å². The van der Waals surface area contributed by atoms with E-state index in [1.807, 2.05) is 38.1 Å². The number of para-hydroxylation sites is 1. The molecule has 5 heteroatoms. The Morgan fingerprint density at radius 2 is 1.88 bits per heavy atom. The molecule has 3 rings (SSSR count). The first-order valence-electron chi connectivity index (χ1n) is 7.86. The highest BCUT2D eigenvalue weighted by molar-refractivity contribution is 5.97. The Labute approximate surface area is 140 Å². The average Bonchev–Trinajstić information content (AvgIpc) is 2.55. The third-order valence-electron chi connectivity index (χ3n) is 4.30. The number of aliphatic hydroxyl groups excluding tert-OH is 1. The molecule has 1 aliphatic heterocycles. The molecule has 1 aliphatic rings. The summed E-state index contributed by atoms with van der Waals surface area (Å²) in [5, 5.41) is 13.7. The molecular weight excluding hydrogens is 309 g/mol. The van der Waals surface area contributed by atoms with Crippen molar-refractivity contribution in [2.45, 2.75) is 31.6 Å². The first-order chi connectivity index (χ1) is 11.4. The standard InChI is InChI=1S/C19H20FNO3/c1-19(2)18(23)17(14-5-3-4-6-16(14)24-19)21-11-15(22)12-7-9-13(20)10-8-12/h3-10,17-18,21,23H,11H2,1-2H3. The third kappa shape index (κ3) is 3.18. The van der Waals surface area contributed by atoms with Crippen molar-refractivity contribution in [3.8, 4) is 5.75 Å². The Morgan fingerprint density at radius 1 is 1.21 bits per heavy atom. The van der Waals surface area contributed by atoms with E-state index in [0.717, 1.165) is 5.56 Å². The number of nitrogens with one attached hydrogen (secondary N) is 1. The van der Waals surface area contributed by atoms with Crippen LogP contribution in [-0.2, 0) is 0 Å². The second-order valence-electron chi connectivity index (χ2n) is 6.48. The molecule has 126 valence electrons. The number of Topliss-reactive ketones (excluding diaryl/α,β-unsaturated/α-hetero) is 1. The maximum absolute atomic E-state index is 13.0. The van der Waals surface area contributed by atoms with Gasteiger partial charge in [0, 0.05) is 11.1 Å². The van der Waals surface area contributed by atoms with Crippen LogP contribution in [0.25, 0.3) is 0 Å². The average molecular weight is 329 g/mol. The topological polar surface area (TPSA) is 58.6 Å². The molecule has 24 heavy (non-hydrogen) atoms. The van der Waals surface area contributed by atoms with Crippen LogP contribution in [0.4, 0.5) is 4.39 Å². The van der Waals surface area contributed by atoms with Gasteiger partial charge in [-0.25, -0.2) is 4.39 Å². The monoisotopic (exact) mass is 329 g/mol. The molecule has 0 saturated heterocycles. The van der Waals surface area contributed by atoms with Crippen LogP contribution in [0.15, 0.2) is 48.5 Å². The molecule has 0 amide bonds. The Kier molecular flexibility index (Phi) is 4.39. The zero-order valence-corrected chi connectivity index (χ0v) is 13.6. The number of carbonyl (C=O) groups excluding carboxylic acids is 1. The lowest BCUT2D eigenvalue weighted by molar-refractivity contribution is -0.0640. The second-order valence-corrected chi connectivity index (χ2v) is 6.48. The van der Waals surface area contributed by atoms with Gasteiger partial charge in [0.2, 0.25) is 0 Å². The van der Waals surface area contributed by atoms with Crippen LogP contribution < -0.4 is 10.1 Å². The lowest BCUT2D eigenvalue weighted by Crippen LogP contribution is -2.53. The molecule has 0 spiro atoms. The van der Waals surface area contributed by atoms with Gasteiger partial charge in [-0.3, -0.25) is 4.79 Å². The molecule has 2 aromatic rings. The molecule has 0 bridgehead atoms. The van der Waals surface area contributed by atoms with Crippen LogP contribution in [0, 0.1) is 5.82 Å². The summed E-state index contributed by atoms with van der Waals surface area (Å²) in [5.41, 5.74) is 0.472. The van der Waals surface area contributed by atoms with Crippen molar-refractivity contribution < 1.29 is 19.0 Å². The van der Waals surface area contributed by atoms with E-state index < -0.39 is 17.7 Å². The number of hydrogen-bond donors (Lipinski definition) is 2. The van der Waals surface area contributed by atoms with Crippen LogP contribution in [-0.4, -0.2) is 29.1 Å². The maximum Gasteiger partial charge on any atom is 0.176 e. The van der Waals surface area contributed by atoms with Gasteiger partial charge in [0.05, 0.1) is 12.6 Å². The van der Waals surface area contributed by atoms with E-state index in [4.69, 9.17) is 4.74 Å². The number of rotatable bonds is 4. The highest BCUT2D eigenvalue weighted by atomic mass is 19.1. The molecule has 2 atom stereocenters. The summed E-state index contributed by atoms with van der Waals surface area (Å²) in [6.45, 7) is 3.66. The molecule has 1 heterocycles. The molecular formula is C19H20FNO3. The highest BCUT2D eigenvalue weighted by Gasteiger charge is 2.42. The molecule has 0 radical (unpaired) electrons. The smallest absolute Gasteiger partial charge is 0.176 e. The predicted octanol–water partition coefficient (Wildman–Crippen LogP) is 2.87. The Bertz CT molecular complexity index is 743. The molecule has 2 unspecified atom stereocenters. The zero-order chi connectivity index (χ0) is 17.3. The minimum absolute atomic E-state index is 0.0395. The van der Waals surface area contributed by atoms with Crippen LogP contribution in [0.1, 0.15) is 35.8 Å². The van der Waals surface area contributed by atoms with Crippen molar-refractivity contribution >= 4 is 5.78 Å². The largest absolute Gasteiger partial charge is 0.485 e. The minimum Gasteiger partial charge on any atom is -0.485 e. The van der Waals surface area contributed by atoms with Crippen LogP contribution in [0.5, 0.6) is 5.75 Å². The summed E-state index contributed by atoms with van der Waals surface area (Å²) in [6, 6.07) is 12.5. The van der Waals surface area contributed by atoms with Gasteiger partial charge in [-0.2, -0.15) is 0 Å². The first kappa shape index (κ1) is 16.6. The van der Waals surface area contributed by atoms with Crippen LogP contribution >= 0.6 is 0 Å². The molecule has 0 saturated carbocycles.